The minimum atomic E-state index is -1.10. The predicted octanol–water partition coefficient (Wildman–Crippen LogP) is -0.136. The molecule has 1 saturated carbocycles. The molecule has 1 amide bonds. The summed E-state index contributed by atoms with van der Waals surface area (Å²) in [7, 11) is 0. The van der Waals surface area contributed by atoms with Gasteiger partial charge < -0.3 is 20.9 Å². The summed E-state index contributed by atoms with van der Waals surface area (Å²) in [6, 6.07) is -0.334. The van der Waals surface area contributed by atoms with Gasteiger partial charge in [-0.2, -0.15) is 0 Å². The van der Waals surface area contributed by atoms with E-state index in [0.717, 1.165) is 19.3 Å². The lowest BCUT2D eigenvalue weighted by molar-refractivity contribution is -0.150. The average molecular weight is 256 g/mol. The van der Waals surface area contributed by atoms with E-state index in [0.29, 0.717) is 19.4 Å². The maximum atomic E-state index is 12.1. The summed E-state index contributed by atoms with van der Waals surface area (Å²) >= 11 is 0. The number of hydrogen-bond donors (Lipinski definition) is 3. The first-order chi connectivity index (χ1) is 8.55. The van der Waals surface area contributed by atoms with Gasteiger partial charge in [-0.3, -0.25) is 4.79 Å². The monoisotopic (exact) mass is 256 g/mol. The number of hydrogen-bond acceptors (Lipinski definition) is 4. The molecule has 0 radical (unpaired) electrons. The number of carboxylic acids is 1. The van der Waals surface area contributed by atoms with Crippen molar-refractivity contribution < 1.29 is 19.4 Å². The largest absolute Gasteiger partial charge is 0.480 e. The van der Waals surface area contributed by atoms with Gasteiger partial charge in [0.2, 0.25) is 5.91 Å². The fraction of sp³-hybridized carbons (Fsp3) is 0.833. The van der Waals surface area contributed by atoms with E-state index in [4.69, 9.17) is 10.5 Å². The SMILES string of the molecule is NC1COCC1C(=O)NC1(C(=O)O)CCCCC1. The Bertz CT molecular complexity index is 339. The zero-order chi connectivity index (χ0) is 13.2. The van der Waals surface area contributed by atoms with E-state index in [9.17, 15) is 14.7 Å². The Morgan fingerprint density at radius 3 is 2.39 bits per heavy atom. The number of nitrogens with one attached hydrogen (secondary N) is 1. The summed E-state index contributed by atoms with van der Waals surface area (Å²) in [5.74, 6) is -1.66. The van der Waals surface area contributed by atoms with E-state index < -0.39 is 17.4 Å². The van der Waals surface area contributed by atoms with Crippen molar-refractivity contribution in [2.45, 2.75) is 43.7 Å². The zero-order valence-corrected chi connectivity index (χ0v) is 10.4. The van der Waals surface area contributed by atoms with Gasteiger partial charge in [-0.1, -0.05) is 19.3 Å². The van der Waals surface area contributed by atoms with Crippen LogP contribution in [0.15, 0.2) is 0 Å². The second-order valence-corrected chi connectivity index (χ2v) is 5.24. The molecule has 102 valence electrons. The fourth-order valence-electron chi connectivity index (χ4n) is 2.72. The third-order valence-corrected chi connectivity index (χ3v) is 3.94. The van der Waals surface area contributed by atoms with Crippen LogP contribution >= 0.6 is 0 Å². The number of carbonyl (C=O) groups excluding carboxylic acids is 1. The lowest BCUT2D eigenvalue weighted by Gasteiger charge is -2.35. The van der Waals surface area contributed by atoms with Crippen LogP contribution in [-0.4, -0.2) is 41.8 Å². The summed E-state index contributed by atoms with van der Waals surface area (Å²) in [6.07, 6.45) is 3.68. The van der Waals surface area contributed by atoms with Crippen molar-refractivity contribution in [3.05, 3.63) is 0 Å². The molecule has 4 N–H and O–H groups in total. The molecular weight excluding hydrogens is 236 g/mol. The third kappa shape index (κ3) is 2.49. The molecular formula is C12H20N2O4. The molecule has 0 aromatic carbocycles. The second kappa shape index (κ2) is 5.24. The van der Waals surface area contributed by atoms with Crippen LogP contribution in [0.3, 0.4) is 0 Å². The normalized spacial score (nSPS) is 30.9. The minimum absolute atomic E-state index is 0.280. The van der Waals surface area contributed by atoms with Crippen LogP contribution in [0.2, 0.25) is 0 Å². The van der Waals surface area contributed by atoms with Crippen LogP contribution < -0.4 is 11.1 Å². The molecule has 18 heavy (non-hydrogen) atoms. The smallest absolute Gasteiger partial charge is 0.329 e. The van der Waals surface area contributed by atoms with Crippen LogP contribution in [0, 0.1) is 5.92 Å². The van der Waals surface area contributed by atoms with E-state index in [2.05, 4.69) is 5.32 Å². The van der Waals surface area contributed by atoms with Crippen molar-refractivity contribution in [3.8, 4) is 0 Å². The quantitative estimate of drug-likeness (QED) is 0.652. The number of carbonyl (C=O) groups is 2. The summed E-state index contributed by atoms with van der Waals surface area (Å²) in [5.41, 5.74) is 4.67. The highest BCUT2D eigenvalue weighted by Gasteiger charge is 2.43. The molecule has 6 nitrogen and oxygen atoms in total. The molecule has 0 aromatic heterocycles. The molecule has 1 aliphatic carbocycles. The van der Waals surface area contributed by atoms with Crippen LogP contribution in [0.5, 0.6) is 0 Å². The van der Waals surface area contributed by atoms with E-state index >= 15 is 0 Å². The maximum Gasteiger partial charge on any atom is 0.329 e. The maximum absolute atomic E-state index is 12.1. The Morgan fingerprint density at radius 1 is 1.22 bits per heavy atom. The van der Waals surface area contributed by atoms with E-state index in [-0.39, 0.29) is 18.6 Å². The number of ether oxygens (including phenoxy) is 1. The third-order valence-electron chi connectivity index (χ3n) is 3.94. The number of carboxylic acid groups (broad SMARTS) is 1. The summed E-state index contributed by atoms with van der Waals surface area (Å²) in [4.78, 5) is 23.5. The Kier molecular flexibility index (Phi) is 3.87. The Balaban J connectivity index is 2.04. The summed E-state index contributed by atoms with van der Waals surface area (Å²) in [5, 5.41) is 12.1. The average Bonchev–Trinajstić information content (AvgIpc) is 2.76. The molecule has 2 fully saturated rings. The summed E-state index contributed by atoms with van der Waals surface area (Å²) in [6.45, 7) is 0.640. The van der Waals surface area contributed by atoms with Gasteiger partial charge in [-0.15, -0.1) is 0 Å². The van der Waals surface area contributed by atoms with Gasteiger partial charge in [0.25, 0.3) is 0 Å². The van der Waals surface area contributed by atoms with Gasteiger partial charge in [-0.25, -0.2) is 4.79 Å². The molecule has 1 heterocycles. The van der Waals surface area contributed by atoms with Crippen LogP contribution in [0.1, 0.15) is 32.1 Å². The van der Waals surface area contributed by atoms with Gasteiger partial charge in [0.05, 0.1) is 19.1 Å². The number of nitrogens with two attached hydrogens (primary N) is 1. The van der Waals surface area contributed by atoms with Crippen molar-refractivity contribution in [2.75, 3.05) is 13.2 Å². The topological polar surface area (TPSA) is 102 Å². The Labute approximate surface area is 106 Å². The van der Waals surface area contributed by atoms with E-state index in [1.165, 1.54) is 0 Å². The molecule has 2 rings (SSSR count). The van der Waals surface area contributed by atoms with Crippen LogP contribution in [0.4, 0.5) is 0 Å². The van der Waals surface area contributed by atoms with Crippen molar-refractivity contribution in [1.29, 1.82) is 0 Å². The summed E-state index contributed by atoms with van der Waals surface area (Å²) < 4.78 is 5.14. The van der Waals surface area contributed by atoms with Crippen LogP contribution in [-0.2, 0) is 14.3 Å². The highest BCUT2D eigenvalue weighted by atomic mass is 16.5. The molecule has 2 unspecified atom stereocenters. The van der Waals surface area contributed by atoms with E-state index in [1.807, 2.05) is 0 Å². The predicted molar refractivity (Wildman–Crippen MR) is 63.9 cm³/mol. The molecule has 0 bridgehead atoms. The van der Waals surface area contributed by atoms with Gasteiger partial charge >= 0.3 is 5.97 Å². The van der Waals surface area contributed by atoms with Crippen LogP contribution in [0.25, 0.3) is 0 Å². The van der Waals surface area contributed by atoms with Crippen molar-refractivity contribution in [3.63, 3.8) is 0 Å². The lowest BCUT2D eigenvalue weighted by Crippen LogP contribution is -2.58. The fourth-order valence-corrected chi connectivity index (χ4v) is 2.72. The van der Waals surface area contributed by atoms with Gasteiger partial charge in [0.1, 0.15) is 5.54 Å². The second-order valence-electron chi connectivity index (χ2n) is 5.24. The molecule has 6 heteroatoms. The molecule has 0 aromatic rings. The highest BCUT2D eigenvalue weighted by molar-refractivity contribution is 5.88. The van der Waals surface area contributed by atoms with Gasteiger partial charge in [0.15, 0.2) is 0 Å². The molecule has 0 spiro atoms. The Morgan fingerprint density at radius 2 is 1.89 bits per heavy atom. The molecule has 2 aliphatic rings. The highest BCUT2D eigenvalue weighted by Crippen LogP contribution is 2.29. The van der Waals surface area contributed by atoms with Crippen molar-refractivity contribution >= 4 is 11.9 Å². The first-order valence-electron chi connectivity index (χ1n) is 6.44. The number of rotatable bonds is 3. The molecule has 1 saturated heterocycles. The minimum Gasteiger partial charge on any atom is -0.480 e. The van der Waals surface area contributed by atoms with Crippen molar-refractivity contribution in [2.24, 2.45) is 11.7 Å². The molecule has 2 atom stereocenters. The van der Waals surface area contributed by atoms with Gasteiger partial charge in [0, 0.05) is 6.04 Å². The number of aliphatic carboxylic acids is 1. The van der Waals surface area contributed by atoms with E-state index in [1.54, 1.807) is 0 Å². The van der Waals surface area contributed by atoms with Crippen molar-refractivity contribution in [1.82, 2.24) is 5.32 Å². The van der Waals surface area contributed by atoms with Gasteiger partial charge in [-0.05, 0) is 12.8 Å². The first kappa shape index (κ1) is 13.3. The zero-order valence-electron chi connectivity index (χ0n) is 10.4. The standard InChI is InChI=1S/C12H20N2O4/c13-9-7-18-6-8(9)10(15)14-12(11(16)17)4-2-1-3-5-12/h8-9H,1-7,13H2,(H,14,15)(H,16,17). The first-order valence-corrected chi connectivity index (χ1v) is 6.44. The Hall–Kier alpha value is -1.14. The number of amides is 1. The lowest BCUT2D eigenvalue weighted by atomic mass is 9.81. The molecule has 1 aliphatic heterocycles.